The van der Waals surface area contributed by atoms with E-state index in [1.54, 1.807) is 19.2 Å². The Morgan fingerprint density at radius 3 is 2.78 bits per heavy atom. The van der Waals surface area contributed by atoms with Crippen molar-refractivity contribution >= 4 is 17.8 Å². The molecule has 7 heteroatoms. The predicted octanol–water partition coefficient (Wildman–Crippen LogP) is 1.19. The Bertz CT molecular complexity index is 716. The van der Waals surface area contributed by atoms with Gasteiger partial charge in [0.25, 0.3) is 0 Å². The van der Waals surface area contributed by atoms with Crippen LogP contribution in [0.5, 0.6) is 0 Å². The van der Waals surface area contributed by atoms with Crippen LogP contribution in [0.2, 0.25) is 0 Å². The Balaban J connectivity index is 1.52. The van der Waals surface area contributed by atoms with E-state index < -0.39 is 0 Å². The zero-order chi connectivity index (χ0) is 19.3. The number of ether oxygens (including phenoxy) is 1. The Morgan fingerprint density at radius 2 is 2.15 bits per heavy atom. The van der Waals surface area contributed by atoms with E-state index in [1.807, 2.05) is 12.1 Å². The fraction of sp³-hybridized carbons (Fsp3) is 0.550. The number of piperidine rings is 1. The molecule has 1 aromatic rings. The highest BCUT2D eigenvalue weighted by Crippen LogP contribution is 2.35. The number of benzene rings is 1. The summed E-state index contributed by atoms with van der Waals surface area (Å²) in [6, 6.07) is 7.47. The number of amides is 1. The van der Waals surface area contributed by atoms with Crippen molar-refractivity contribution < 1.29 is 14.3 Å². The van der Waals surface area contributed by atoms with E-state index in [2.05, 4.69) is 20.5 Å². The van der Waals surface area contributed by atoms with Crippen molar-refractivity contribution in [3.05, 3.63) is 35.4 Å². The zero-order valence-corrected chi connectivity index (χ0v) is 16.1. The van der Waals surface area contributed by atoms with E-state index in [1.165, 1.54) is 7.11 Å². The van der Waals surface area contributed by atoms with E-state index in [0.717, 1.165) is 57.0 Å². The van der Waals surface area contributed by atoms with Crippen LogP contribution in [0, 0.1) is 5.41 Å². The van der Waals surface area contributed by atoms with Gasteiger partial charge in [-0.3, -0.25) is 9.79 Å². The zero-order valence-electron chi connectivity index (χ0n) is 16.1. The molecule has 2 heterocycles. The third-order valence-electron chi connectivity index (χ3n) is 5.44. The van der Waals surface area contributed by atoms with Crippen molar-refractivity contribution in [2.24, 2.45) is 10.4 Å². The first-order valence-electron chi connectivity index (χ1n) is 9.45. The van der Waals surface area contributed by atoms with Gasteiger partial charge in [-0.2, -0.15) is 0 Å². The van der Waals surface area contributed by atoms with Gasteiger partial charge in [0.05, 0.1) is 12.7 Å². The second-order valence-electron chi connectivity index (χ2n) is 7.39. The molecule has 1 aromatic carbocycles. The average molecular weight is 372 g/mol. The van der Waals surface area contributed by atoms with Gasteiger partial charge in [0, 0.05) is 45.1 Å². The Morgan fingerprint density at radius 1 is 1.37 bits per heavy atom. The van der Waals surface area contributed by atoms with Gasteiger partial charge in [-0.25, -0.2) is 4.79 Å². The van der Waals surface area contributed by atoms with Crippen LogP contribution in [0.1, 0.15) is 35.2 Å². The summed E-state index contributed by atoms with van der Waals surface area (Å²) in [5.74, 6) is 0.730. The van der Waals surface area contributed by atoms with Gasteiger partial charge in [0.15, 0.2) is 5.96 Å². The highest BCUT2D eigenvalue weighted by molar-refractivity contribution is 5.89. The Kier molecular flexibility index (Phi) is 5.98. The molecule has 0 saturated carbocycles. The number of likely N-dealkylation sites (tertiary alicyclic amines) is 1. The molecular weight excluding hydrogens is 344 g/mol. The number of aliphatic imine (C=N–C) groups is 1. The van der Waals surface area contributed by atoms with E-state index in [9.17, 15) is 9.59 Å². The van der Waals surface area contributed by atoms with E-state index in [4.69, 9.17) is 4.74 Å². The fourth-order valence-electron chi connectivity index (χ4n) is 4.01. The van der Waals surface area contributed by atoms with E-state index >= 15 is 0 Å². The summed E-state index contributed by atoms with van der Waals surface area (Å²) in [4.78, 5) is 29.9. The van der Waals surface area contributed by atoms with Crippen molar-refractivity contribution in [3.8, 4) is 0 Å². The van der Waals surface area contributed by atoms with Crippen molar-refractivity contribution in [1.29, 1.82) is 0 Å². The number of carbonyl (C=O) groups excluding carboxylic acids is 2. The maximum Gasteiger partial charge on any atom is 0.337 e. The molecule has 0 aromatic heterocycles. The van der Waals surface area contributed by atoms with Crippen LogP contribution in [-0.4, -0.2) is 63.1 Å². The molecule has 1 spiro atoms. The number of nitrogens with one attached hydrogen (secondary N) is 2. The normalized spacial score (nSPS) is 22.7. The molecule has 1 atom stereocenters. The molecule has 3 rings (SSSR count). The second kappa shape index (κ2) is 8.41. The summed E-state index contributed by atoms with van der Waals surface area (Å²) in [7, 11) is 3.18. The third-order valence-corrected chi connectivity index (χ3v) is 5.44. The highest BCUT2D eigenvalue weighted by atomic mass is 16.5. The fourth-order valence-corrected chi connectivity index (χ4v) is 4.01. The van der Waals surface area contributed by atoms with Gasteiger partial charge in [-0.1, -0.05) is 12.1 Å². The third kappa shape index (κ3) is 4.59. The molecular formula is C20H28N4O3. The van der Waals surface area contributed by atoms with Gasteiger partial charge in [0.2, 0.25) is 5.91 Å². The predicted molar refractivity (Wildman–Crippen MR) is 104 cm³/mol. The number of methoxy groups -OCH3 is 1. The minimum Gasteiger partial charge on any atom is -0.465 e. The molecule has 2 N–H and O–H groups in total. The van der Waals surface area contributed by atoms with Crippen LogP contribution in [0.4, 0.5) is 0 Å². The minimum atomic E-state index is -0.320. The average Bonchev–Trinajstić information content (AvgIpc) is 3.04. The molecule has 2 aliphatic heterocycles. The molecule has 146 valence electrons. The van der Waals surface area contributed by atoms with Gasteiger partial charge >= 0.3 is 5.97 Å². The minimum absolute atomic E-state index is 0.0523. The lowest BCUT2D eigenvalue weighted by Crippen LogP contribution is -2.51. The van der Waals surface area contributed by atoms with Crippen LogP contribution in [0.25, 0.3) is 0 Å². The lowest BCUT2D eigenvalue weighted by molar-refractivity contribution is -0.119. The Labute approximate surface area is 160 Å². The monoisotopic (exact) mass is 372 g/mol. The van der Waals surface area contributed by atoms with Crippen molar-refractivity contribution in [1.82, 2.24) is 15.5 Å². The van der Waals surface area contributed by atoms with Crippen molar-refractivity contribution in [3.63, 3.8) is 0 Å². The second-order valence-corrected chi connectivity index (χ2v) is 7.39. The number of esters is 1. The number of nitrogens with zero attached hydrogens (tertiary/aromatic N) is 2. The molecule has 2 aliphatic rings. The lowest BCUT2D eigenvalue weighted by Gasteiger charge is -2.40. The summed E-state index contributed by atoms with van der Waals surface area (Å²) in [6.45, 7) is 3.35. The van der Waals surface area contributed by atoms with Gasteiger partial charge in [0.1, 0.15) is 0 Å². The highest BCUT2D eigenvalue weighted by Gasteiger charge is 2.42. The van der Waals surface area contributed by atoms with Crippen LogP contribution in [-0.2, 0) is 16.0 Å². The summed E-state index contributed by atoms with van der Waals surface area (Å²) >= 11 is 0. The summed E-state index contributed by atoms with van der Waals surface area (Å²) in [5, 5.41) is 6.41. The largest absolute Gasteiger partial charge is 0.465 e. The van der Waals surface area contributed by atoms with Crippen LogP contribution >= 0.6 is 0 Å². The standard InChI is InChI=1S/C20H28N4O3/c1-21-19(24-11-3-9-20(14-24)12-17(25)23-13-20)22-10-8-15-4-6-16(7-5-15)18(26)27-2/h4-7H,3,8-14H2,1-2H3,(H,21,22)(H,23,25). The lowest BCUT2D eigenvalue weighted by atomic mass is 9.79. The Hall–Kier alpha value is -2.57. The number of hydrogen-bond acceptors (Lipinski definition) is 4. The van der Waals surface area contributed by atoms with Crippen molar-refractivity contribution in [2.75, 3.05) is 40.3 Å². The maximum absolute atomic E-state index is 11.7. The van der Waals surface area contributed by atoms with Gasteiger partial charge < -0.3 is 20.3 Å². The summed E-state index contributed by atoms with van der Waals surface area (Å²) < 4.78 is 4.72. The van der Waals surface area contributed by atoms with Crippen LogP contribution in [0.15, 0.2) is 29.3 Å². The molecule has 7 nitrogen and oxygen atoms in total. The summed E-state index contributed by atoms with van der Waals surface area (Å²) in [6.07, 6.45) is 3.61. The van der Waals surface area contributed by atoms with Crippen LogP contribution < -0.4 is 10.6 Å². The number of carbonyl (C=O) groups is 2. The quantitative estimate of drug-likeness (QED) is 0.471. The first kappa shape index (κ1) is 19.2. The molecule has 2 fully saturated rings. The molecule has 27 heavy (non-hydrogen) atoms. The van der Waals surface area contributed by atoms with Gasteiger partial charge in [-0.05, 0) is 37.0 Å². The molecule has 0 aliphatic carbocycles. The first-order chi connectivity index (χ1) is 13.0. The topological polar surface area (TPSA) is 83.0 Å². The molecule has 1 unspecified atom stereocenters. The SMILES string of the molecule is CN=C(NCCc1ccc(C(=O)OC)cc1)N1CCCC2(CNC(=O)C2)C1. The van der Waals surface area contributed by atoms with Crippen LogP contribution in [0.3, 0.4) is 0 Å². The summed E-state index contributed by atoms with van der Waals surface area (Å²) in [5.41, 5.74) is 1.76. The molecule has 0 radical (unpaired) electrons. The molecule has 0 bridgehead atoms. The molecule has 2 saturated heterocycles. The maximum atomic E-state index is 11.7. The van der Waals surface area contributed by atoms with E-state index in [0.29, 0.717) is 12.0 Å². The van der Waals surface area contributed by atoms with Gasteiger partial charge in [-0.15, -0.1) is 0 Å². The first-order valence-corrected chi connectivity index (χ1v) is 9.45. The number of rotatable bonds is 4. The number of hydrogen-bond donors (Lipinski definition) is 2. The molecule has 1 amide bonds. The van der Waals surface area contributed by atoms with Crippen molar-refractivity contribution in [2.45, 2.75) is 25.7 Å². The number of guanidine groups is 1. The smallest absolute Gasteiger partial charge is 0.337 e. The van der Waals surface area contributed by atoms with E-state index in [-0.39, 0.29) is 17.3 Å².